The van der Waals surface area contributed by atoms with Gasteiger partial charge in [-0.25, -0.2) is 9.18 Å². The van der Waals surface area contributed by atoms with E-state index < -0.39 is 11.8 Å². The third-order valence-corrected chi connectivity index (χ3v) is 3.96. The lowest BCUT2D eigenvalue weighted by Gasteiger charge is -2.20. The van der Waals surface area contributed by atoms with Crippen molar-refractivity contribution in [2.24, 2.45) is 0 Å². The van der Waals surface area contributed by atoms with E-state index in [9.17, 15) is 9.18 Å². The number of hydrogen-bond donors (Lipinski definition) is 1. The first-order valence-corrected chi connectivity index (χ1v) is 6.97. The van der Waals surface area contributed by atoms with Gasteiger partial charge in [-0.2, -0.15) is 0 Å². The molecule has 4 heteroatoms. The van der Waals surface area contributed by atoms with Crippen LogP contribution in [0.3, 0.4) is 0 Å². The van der Waals surface area contributed by atoms with Crippen molar-refractivity contribution < 1.29 is 14.3 Å². The Kier molecular flexibility index (Phi) is 3.52. The summed E-state index contributed by atoms with van der Waals surface area (Å²) in [5, 5.41) is 9.46. The normalized spacial score (nSPS) is 13.5. The molecule has 0 saturated heterocycles. The SMILES string of the molecule is O=C(O)c1ccc2c(c1)C(c1c(F)cccc1Cl)=CCC2. The second-order valence-corrected chi connectivity index (χ2v) is 5.34. The molecule has 21 heavy (non-hydrogen) atoms. The smallest absolute Gasteiger partial charge is 0.335 e. The maximum Gasteiger partial charge on any atom is 0.335 e. The van der Waals surface area contributed by atoms with Crippen LogP contribution >= 0.6 is 11.6 Å². The Morgan fingerprint density at radius 3 is 2.76 bits per heavy atom. The lowest BCUT2D eigenvalue weighted by molar-refractivity contribution is 0.0697. The summed E-state index contributed by atoms with van der Waals surface area (Å²) in [5.41, 5.74) is 2.95. The van der Waals surface area contributed by atoms with Crippen molar-refractivity contribution in [3.05, 3.63) is 75.6 Å². The van der Waals surface area contributed by atoms with E-state index in [-0.39, 0.29) is 5.56 Å². The number of allylic oxidation sites excluding steroid dienone is 1. The van der Waals surface area contributed by atoms with Crippen LogP contribution in [0.25, 0.3) is 5.57 Å². The summed E-state index contributed by atoms with van der Waals surface area (Å²) < 4.78 is 14.1. The van der Waals surface area contributed by atoms with Gasteiger partial charge >= 0.3 is 5.97 Å². The highest BCUT2D eigenvalue weighted by molar-refractivity contribution is 6.32. The highest BCUT2D eigenvalue weighted by atomic mass is 35.5. The van der Waals surface area contributed by atoms with Crippen molar-refractivity contribution in [3.63, 3.8) is 0 Å². The number of hydrogen-bond acceptors (Lipinski definition) is 1. The van der Waals surface area contributed by atoms with Crippen molar-refractivity contribution >= 4 is 23.1 Å². The molecule has 0 amide bonds. The number of carboxylic acid groups (broad SMARTS) is 1. The van der Waals surface area contributed by atoms with Gasteiger partial charge in [0.2, 0.25) is 0 Å². The molecule has 3 rings (SSSR count). The third-order valence-electron chi connectivity index (χ3n) is 3.64. The Hall–Kier alpha value is -2.13. The highest BCUT2D eigenvalue weighted by Gasteiger charge is 2.20. The molecule has 0 radical (unpaired) electrons. The van der Waals surface area contributed by atoms with Gasteiger partial charge in [-0.05, 0) is 53.8 Å². The Morgan fingerprint density at radius 1 is 1.24 bits per heavy atom. The topological polar surface area (TPSA) is 37.3 Å². The van der Waals surface area contributed by atoms with E-state index >= 15 is 0 Å². The monoisotopic (exact) mass is 302 g/mol. The van der Waals surface area contributed by atoms with Crippen LogP contribution in [0.4, 0.5) is 4.39 Å². The number of carbonyl (C=O) groups is 1. The van der Waals surface area contributed by atoms with Gasteiger partial charge in [-0.3, -0.25) is 0 Å². The molecule has 1 N–H and O–H groups in total. The average Bonchev–Trinajstić information content (AvgIpc) is 2.46. The summed E-state index contributed by atoms with van der Waals surface area (Å²) in [4.78, 5) is 11.1. The molecule has 0 unspecified atom stereocenters. The molecule has 0 bridgehead atoms. The average molecular weight is 303 g/mol. The first kappa shape index (κ1) is 13.8. The second-order valence-electron chi connectivity index (χ2n) is 4.93. The molecule has 2 nitrogen and oxygen atoms in total. The van der Waals surface area contributed by atoms with E-state index in [0.29, 0.717) is 16.2 Å². The predicted octanol–water partition coefficient (Wildman–Crippen LogP) is 4.56. The zero-order valence-corrected chi connectivity index (χ0v) is 11.8. The number of aryl methyl sites for hydroxylation is 1. The third kappa shape index (κ3) is 2.45. The molecule has 0 aromatic heterocycles. The van der Waals surface area contributed by atoms with Gasteiger partial charge in [0, 0.05) is 5.56 Å². The van der Waals surface area contributed by atoms with Crippen molar-refractivity contribution in [1.29, 1.82) is 0 Å². The van der Waals surface area contributed by atoms with Crippen LogP contribution in [0.15, 0.2) is 42.5 Å². The molecule has 0 heterocycles. The minimum Gasteiger partial charge on any atom is -0.478 e. The molecule has 0 spiro atoms. The highest BCUT2D eigenvalue weighted by Crippen LogP contribution is 2.37. The van der Waals surface area contributed by atoms with Gasteiger partial charge in [0.1, 0.15) is 5.82 Å². The summed E-state index contributed by atoms with van der Waals surface area (Å²) in [6, 6.07) is 9.51. The van der Waals surface area contributed by atoms with Crippen LogP contribution in [0, 0.1) is 5.82 Å². The molecule has 0 aliphatic heterocycles. The van der Waals surface area contributed by atoms with E-state index in [4.69, 9.17) is 16.7 Å². The van der Waals surface area contributed by atoms with E-state index in [2.05, 4.69) is 0 Å². The molecule has 1 aliphatic carbocycles. The maximum atomic E-state index is 14.1. The Bertz CT molecular complexity index is 745. The lowest BCUT2D eigenvalue weighted by Crippen LogP contribution is -2.06. The predicted molar refractivity (Wildman–Crippen MR) is 80.2 cm³/mol. The summed E-state index contributed by atoms with van der Waals surface area (Å²) in [5.74, 6) is -1.40. The van der Waals surface area contributed by atoms with Crippen LogP contribution in [0.5, 0.6) is 0 Å². The molecule has 0 atom stereocenters. The second kappa shape index (κ2) is 5.34. The lowest BCUT2D eigenvalue weighted by atomic mass is 9.85. The van der Waals surface area contributed by atoms with E-state index in [1.807, 2.05) is 6.08 Å². The van der Waals surface area contributed by atoms with Gasteiger partial charge in [-0.1, -0.05) is 29.8 Å². The van der Waals surface area contributed by atoms with E-state index in [0.717, 1.165) is 24.0 Å². The largest absolute Gasteiger partial charge is 0.478 e. The van der Waals surface area contributed by atoms with Gasteiger partial charge < -0.3 is 5.11 Å². The van der Waals surface area contributed by atoms with Gasteiger partial charge in [0.05, 0.1) is 10.6 Å². The van der Waals surface area contributed by atoms with Gasteiger partial charge in [0.15, 0.2) is 0 Å². The minimum absolute atomic E-state index is 0.189. The number of rotatable bonds is 2. The number of carboxylic acids is 1. The molecule has 2 aromatic rings. The number of aromatic carboxylic acids is 1. The van der Waals surface area contributed by atoms with Crippen molar-refractivity contribution in [3.8, 4) is 0 Å². The quantitative estimate of drug-likeness (QED) is 0.883. The Labute approximate surface area is 126 Å². The van der Waals surface area contributed by atoms with Crippen LogP contribution < -0.4 is 0 Å². The van der Waals surface area contributed by atoms with E-state index in [1.54, 1.807) is 30.3 Å². The number of halogens is 2. The molecule has 2 aromatic carbocycles. The van der Waals surface area contributed by atoms with Crippen LogP contribution in [-0.2, 0) is 6.42 Å². The number of benzene rings is 2. The zero-order valence-electron chi connectivity index (χ0n) is 11.1. The zero-order chi connectivity index (χ0) is 15.0. The van der Waals surface area contributed by atoms with Crippen LogP contribution in [-0.4, -0.2) is 11.1 Å². The Morgan fingerprint density at radius 2 is 2.05 bits per heavy atom. The van der Waals surface area contributed by atoms with Crippen molar-refractivity contribution in [2.45, 2.75) is 12.8 Å². The molecule has 0 fully saturated rings. The van der Waals surface area contributed by atoms with Crippen LogP contribution in [0.1, 0.15) is 33.5 Å². The standard InChI is InChI=1S/C17H12ClFO2/c18-14-5-2-6-15(19)16(14)12-4-1-3-10-7-8-11(17(20)21)9-13(10)12/h2,4-9H,1,3H2,(H,20,21). The van der Waals surface area contributed by atoms with Crippen LogP contribution in [0.2, 0.25) is 5.02 Å². The molecule has 1 aliphatic rings. The first-order valence-electron chi connectivity index (χ1n) is 6.59. The van der Waals surface area contributed by atoms with Gasteiger partial charge in [0.25, 0.3) is 0 Å². The summed E-state index contributed by atoms with van der Waals surface area (Å²) >= 11 is 6.13. The summed E-state index contributed by atoms with van der Waals surface area (Å²) in [7, 11) is 0. The molecule has 0 saturated carbocycles. The van der Waals surface area contributed by atoms with Crippen molar-refractivity contribution in [1.82, 2.24) is 0 Å². The fraction of sp³-hybridized carbons (Fsp3) is 0.118. The first-order chi connectivity index (χ1) is 10.1. The maximum absolute atomic E-state index is 14.1. The summed E-state index contributed by atoms with van der Waals surface area (Å²) in [6.07, 6.45) is 3.50. The fourth-order valence-electron chi connectivity index (χ4n) is 2.65. The van der Waals surface area contributed by atoms with Gasteiger partial charge in [-0.15, -0.1) is 0 Å². The number of fused-ring (bicyclic) bond motifs is 1. The van der Waals surface area contributed by atoms with Crippen molar-refractivity contribution in [2.75, 3.05) is 0 Å². The molecular weight excluding hydrogens is 291 g/mol. The van der Waals surface area contributed by atoms with E-state index in [1.165, 1.54) is 6.07 Å². The molecular formula is C17H12ClFO2. The minimum atomic E-state index is -0.998. The fourth-order valence-corrected chi connectivity index (χ4v) is 2.92. The molecule has 106 valence electrons. The Balaban J connectivity index is 2.21. The summed E-state index contributed by atoms with van der Waals surface area (Å²) in [6.45, 7) is 0.